The zero-order valence-electron chi connectivity index (χ0n) is 19.5. The molecule has 4 atom stereocenters. The van der Waals surface area contributed by atoms with Crippen molar-refractivity contribution in [2.75, 3.05) is 0 Å². The molecule has 0 aromatic heterocycles. The second-order valence-electron chi connectivity index (χ2n) is 10.1. The molecule has 1 amide bonds. The number of nitrogens with one attached hydrogen (secondary N) is 1. The molecule has 31 heavy (non-hydrogen) atoms. The van der Waals surface area contributed by atoms with Crippen molar-refractivity contribution in [2.45, 2.75) is 90.5 Å². The molecule has 1 fully saturated rings. The lowest BCUT2D eigenvalue weighted by molar-refractivity contribution is -0.121. The molecule has 2 aliphatic carbocycles. The van der Waals surface area contributed by atoms with Gasteiger partial charge in [0.05, 0.1) is 0 Å². The molecular weight excluding hydrogens is 382 g/mol. The molecule has 2 aliphatic rings. The summed E-state index contributed by atoms with van der Waals surface area (Å²) < 4.78 is 0. The lowest BCUT2D eigenvalue weighted by Crippen LogP contribution is -2.24. The van der Waals surface area contributed by atoms with Gasteiger partial charge in [0.1, 0.15) is 0 Å². The number of amides is 1. The first-order valence-electron chi connectivity index (χ1n) is 12.6. The summed E-state index contributed by atoms with van der Waals surface area (Å²) in [5.74, 6) is 2.34. The van der Waals surface area contributed by atoms with Crippen LogP contribution in [0.25, 0.3) is 0 Å². The average molecular weight is 424 g/mol. The number of allylic oxidation sites excluding steroid dienone is 2. The molecule has 1 aromatic carbocycles. The van der Waals surface area contributed by atoms with Crippen LogP contribution in [0.3, 0.4) is 0 Å². The van der Waals surface area contributed by atoms with Gasteiger partial charge in [-0.25, -0.2) is 0 Å². The molecule has 0 aliphatic heterocycles. The molecule has 4 unspecified atom stereocenters. The third-order valence-corrected chi connectivity index (χ3v) is 7.12. The lowest BCUT2D eigenvalue weighted by atomic mass is 9.77. The summed E-state index contributed by atoms with van der Waals surface area (Å²) in [7, 11) is 0. The Morgan fingerprint density at radius 2 is 1.81 bits per heavy atom. The Morgan fingerprint density at radius 3 is 2.55 bits per heavy atom. The van der Waals surface area contributed by atoms with E-state index in [-0.39, 0.29) is 11.8 Å². The molecule has 1 N–H and O–H groups in total. The van der Waals surface area contributed by atoms with Gasteiger partial charge in [0.25, 0.3) is 0 Å². The van der Waals surface area contributed by atoms with Gasteiger partial charge in [-0.1, -0.05) is 69.5 Å². The predicted molar refractivity (Wildman–Crippen MR) is 128 cm³/mol. The number of hydrogen-bond donors (Lipinski definition) is 1. The van der Waals surface area contributed by atoms with Crippen LogP contribution in [-0.4, -0.2) is 17.7 Å². The fourth-order valence-electron chi connectivity index (χ4n) is 5.07. The molecule has 3 heteroatoms. The van der Waals surface area contributed by atoms with E-state index in [9.17, 15) is 9.59 Å². The molecular formula is C28H41NO2. The summed E-state index contributed by atoms with van der Waals surface area (Å²) in [5.41, 5.74) is 1.42. The molecule has 3 nitrogen and oxygen atoms in total. The zero-order chi connectivity index (χ0) is 22.1. The van der Waals surface area contributed by atoms with Crippen molar-refractivity contribution in [3.63, 3.8) is 0 Å². The summed E-state index contributed by atoms with van der Waals surface area (Å²) >= 11 is 0. The van der Waals surface area contributed by atoms with Crippen LogP contribution in [-0.2, 0) is 16.0 Å². The van der Waals surface area contributed by atoms with Crippen LogP contribution >= 0.6 is 0 Å². The Bertz CT molecular complexity index is 722. The third kappa shape index (κ3) is 8.27. The number of ketones is 1. The van der Waals surface area contributed by atoms with Crippen molar-refractivity contribution in [2.24, 2.45) is 23.7 Å². The van der Waals surface area contributed by atoms with Crippen molar-refractivity contribution in [3.8, 4) is 0 Å². The third-order valence-electron chi connectivity index (χ3n) is 7.12. The quantitative estimate of drug-likeness (QED) is 0.358. The molecule has 0 spiro atoms. The SMILES string of the molecule is CC(CCc1ccccc1)CC(C)C1C=CC(=O)C1CCCCCCC(=O)NC1CC1. The minimum Gasteiger partial charge on any atom is -0.353 e. The molecule has 1 aromatic rings. The average Bonchev–Trinajstić information content (AvgIpc) is 3.49. The molecule has 0 saturated heterocycles. The van der Waals surface area contributed by atoms with Crippen LogP contribution in [0, 0.1) is 23.7 Å². The number of carbonyl (C=O) groups is 2. The second-order valence-corrected chi connectivity index (χ2v) is 10.1. The topological polar surface area (TPSA) is 46.2 Å². The predicted octanol–water partition coefficient (Wildman–Crippen LogP) is 6.27. The summed E-state index contributed by atoms with van der Waals surface area (Å²) in [4.78, 5) is 24.2. The van der Waals surface area contributed by atoms with Gasteiger partial charge in [0, 0.05) is 18.4 Å². The highest BCUT2D eigenvalue weighted by atomic mass is 16.1. The van der Waals surface area contributed by atoms with Crippen molar-refractivity contribution < 1.29 is 9.59 Å². The summed E-state index contributed by atoms with van der Waals surface area (Å²) in [6.45, 7) is 4.69. The minimum absolute atomic E-state index is 0.175. The van der Waals surface area contributed by atoms with Crippen molar-refractivity contribution in [1.29, 1.82) is 0 Å². The van der Waals surface area contributed by atoms with Crippen LogP contribution in [0.2, 0.25) is 0 Å². The molecule has 0 radical (unpaired) electrons. The smallest absolute Gasteiger partial charge is 0.220 e. The van der Waals surface area contributed by atoms with Crippen LogP contribution in [0.5, 0.6) is 0 Å². The van der Waals surface area contributed by atoms with E-state index in [0.717, 1.165) is 51.4 Å². The highest BCUT2D eigenvalue weighted by Crippen LogP contribution is 2.36. The van der Waals surface area contributed by atoms with Gasteiger partial charge in [-0.05, 0) is 74.3 Å². The van der Waals surface area contributed by atoms with Crippen LogP contribution in [0.1, 0.15) is 83.6 Å². The maximum absolute atomic E-state index is 12.5. The minimum atomic E-state index is 0.175. The Labute approximate surface area is 189 Å². The Hall–Kier alpha value is -1.90. The van der Waals surface area contributed by atoms with Gasteiger partial charge >= 0.3 is 0 Å². The maximum atomic E-state index is 12.5. The van der Waals surface area contributed by atoms with Crippen LogP contribution < -0.4 is 5.32 Å². The highest BCUT2D eigenvalue weighted by molar-refractivity contribution is 5.94. The van der Waals surface area contributed by atoms with E-state index in [0.29, 0.717) is 36.0 Å². The van der Waals surface area contributed by atoms with Crippen molar-refractivity contribution in [1.82, 2.24) is 5.32 Å². The largest absolute Gasteiger partial charge is 0.353 e. The first-order valence-corrected chi connectivity index (χ1v) is 12.6. The van der Waals surface area contributed by atoms with Gasteiger partial charge in [-0.2, -0.15) is 0 Å². The number of benzene rings is 1. The van der Waals surface area contributed by atoms with E-state index in [1.54, 1.807) is 0 Å². The normalized spacial score (nSPS) is 22.5. The number of carbonyl (C=O) groups excluding carboxylic acids is 2. The number of aryl methyl sites for hydroxylation is 1. The molecule has 0 heterocycles. The lowest BCUT2D eigenvalue weighted by Gasteiger charge is -2.27. The van der Waals surface area contributed by atoms with E-state index in [4.69, 9.17) is 0 Å². The Kier molecular flexibility index (Phi) is 9.36. The summed E-state index contributed by atoms with van der Waals surface area (Å²) in [5, 5.41) is 3.06. The first kappa shape index (κ1) is 23.8. The fourth-order valence-corrected chi connectivity index (χ4v) is 5.07. The van der Waals surface area contributed by atoms with E-state index < -0.39 is 0 Å². The first-order chi connectivity index (χ1) is 15.0. The van der Waals surface area contributed by atoms with Crippen LogP contribution in [0.15, 0.2) is 42.5 Å². The van der Waals surface area contributed by atoms with Gasteiger partial charge in [-0.15, -0.1) is 0 Å². The molecule has 1 saturated carbocycles. The van der Waals surface area contributed by atoms with Gasteiger partial charge in [0.15, 0.2) is 5.78 Å². The van der Waals surface area contributed by atoms with Gasteiger partial charge in [0.2, 0.25) is 5.91 Å². The maximum Gasteiger partial charge on any atom is 0.220 e. The highest BCUT2D eigenvalue weighted by Gasteiger charge is 2.33. The fraction of sp³-hybridized carbons (Fsp3) is 0.643. The molecule has 0 bridgehead atoms. The van der Waals surface area contributed by atoms with Gasteiger partial charge in [-0.3, -0.25) is 9.59 Å². The van der Waals surface area contributed by atoms with Crippen LogP contribution in [0.4, 0.5) is 0 Å². The van der Waals surface area contributed by atoms with E-state index in [1.807, 2.05) is 6.08 Å². The Balaban J connectivity index is 1.32. The monoisotopic (exact) mass is 423 g/mol. The number of rotatable bonds is 14. The van der Waals surface area contributed by atoms with E-state index >= 15 is 0 Å². The summed E-state index contributed by atoms with van der Waals surface area (Å²) in [6, 6.07) is 11.2. The Morgan fingerprint density at radius 1 is 1.06 bits per heavy atom. The zero-order valence-corrected chi connectivity index (χ0v) is 19.5. The van der Waals surface area contributed by atoms with E-state index in [2.05, 4.69) is 55.6 Å². The summed E-state index contributed by atoms with van der Waals surface area (Å²) in [6.07, 6.45) is 15.8. The number of hydrogen-bond acceptors (Lipinski definition) is 2. The van der Waals surface area contributed by atoms with Gasteiger partial charge < -0.3 is 5.32 Å². The van der Waals surface area contributed by atoms with Crippen molar-refractivity contribution >= 4 is 11.7 Å². The molecule has 170 valence electrons. The van der Waals surface area contributed by atoms with E-state index in [1.165, 1.54) is 18.4 Å². The number of unbranched alkanes of at least 4 members (excludes halogenated alkanes) is 3. The van der Waals surface area contributed by atoms with Crippen molar-refractivity contribution in [3.05, 3.63) is 48.0 Å². The standard InChI is InChI=1S/C28H41NO2/c1-21(14-15-23-10-6-5-7-11-23)20-22(2)25-18-19-27(30)26(25)12-8-3-4-9-13-28(31)29-24-16-17-24/h5-7,10-11,18-19,21-22,24-26H,3-4,8-9,12-17,20H2,1-2H3,(H,29,31). The second kappa shape index (κ2) is 12.2. The molecule has 3 rings (SSSR count).